The van der Waals surface area contributed by atoms with Gasteiger partial charge in [-0.1, -0.05) is 11.6 Å². The van der Waals surface area contributed by atoms with Gasteiger partial charge in [0, 0.05) is 34.3 Å². The van der Waals surface area contributed by atoms with Gasteiger partial charge in [-0.2, -0.15) is 0 Å². The van der Waals surface area contributed by atoms with Gasteiger partial charge in [-0.3, -0.25) is 0 Å². The van der Waals surface area contributed by atoms with Crippen LogP contribution >= 0.6 is 11.6 Å². The van der Waals surface area contributed by atoms with E-state index in [9.17, 15) is 9.90 Å². The van der Waals surface area contributed by atoms with Gasteiger partial charge in [0.15, 0.2) is 0 Å². The van der Waals surface area contributed by atoms with Crippen LogP contribution in [-0.2, 0) is 9.53 Å². The van der Waals surface area contributed by atoms with Crippen LogP contribution < -0.4 is 10.1 Å². The smallest absolute Gasteiger partial charge is 0.331 e. The molecule has 0 saturated heterocycles. The van der Waals surface area contributed by atoms with E-state index in [1.807, 2.05) is 20.8 Å². The van der Waals surface area contributed by atoms with Crippen LogP contribution in [0.3, 0.4) is 0 Å². The highest BCUT2D eigenvalue weighted by Gasteiger charge is 2.19. The number of carbonyl (C=O) groups excluding carboxylic acids is 1. The SMILES string of the molecule is CC(C)(C)NCC(O)COc1cc(Cl)ccc1C1=CC(=O)OC1. The predicted octanol–water partition coefficient (Wildman–Crippen LogP) is 2.41. The minimum Gasteiger partial charge on any atom is -0.490 e. The number of ether oxygens (including phenoxy) is 2. The number of benzene rings is 1. The molecule has 1 aliphatic rings. The predicted molar refractivity (Wildman–Crippen MR) is 89.6 cm³/mol. The number of aliphatic hydroxyl groups excluding tert-OH is 1. The average molecular weight is 340 g/mol. The molecule has 0 radical (unpaired) electrons. The summed E-state index contributed by atoms with van der Waals surface area (Å²) in [5.74, 6) is 0.159. The van der Waals surface area contributed by atoms with Crippen LogP contribution in [0.15, 0.2) is 24.3 Å². The largest absolute Gasteiger partial charge is 0.490 e. The molecule has 1 unspecified atom stereocenters. The van der Waals surface area contributed by atoms with Gasteiger partial charge in [-0.15, -0.1) is 0 Å². The fourth-order valence-corrected chi connectivity index (χ4v) is 2.24. The zero-order valence-corrected chi connectivity index (χ0v) is 14.3. The zero-order chi connectivity index (χ0) is 17.0. The molecule has 1 atom stereocenters. The van der Waals surface area contributed by atoms with Gasteiger partial charge in [0.25, 0.3) is 0 Å². The van der Waals surface area contributed by atoms with Crippen molar-refractivity contribution in [2.75, 3.05) is 19.8 Å². The molecule has 1 heterocycles. The van der Waals surface area contributed by atoms with Crippen LogP contribution in [-0.4, -0.2) is 42.5 Å². The summed E-state index contributed by atoms with van der Waals surface area (Å²) < 4.78 is 10.6. The van der Waals surface area contributed by atoms with E-state index in [4.69, 9.17) is 21.1 Å². The first-order valence-electron chi connectivity index (χ1n) is 7.48. The van der Waals surface area contributed by atoms with E-state index in [-0.39, 0.29) is 24.7 Å². The van der Waals surface area contributed by atoms with Gasteiger partial charge in [0.05, 0.1) is 0 Å². The monoisotopic (exact) mass is 339 g/mol. The van der Waals surface area contributed by atoms with Crippen molar-refractivity contribution >= 4 is 23.1 Å². The van der Waals surface area contributed by atoms with Gasteiger partial charge >= 0.3 is 5.97 Å². The standard InChI is InChI=1S/C17H22ClNO4/c1-17(2,3)19-8-13(20)10-22-15-7-12(18)4-5-14(15)11-6-16(21)23-9-11/h4-7,13,19-20H,8-10H2,1-3H3. The van der Waals surface area contributed by atoms with E-state index in [0.717, 1.165) is 11.1 Å². The maximum atomic E-state index is 11.2. The molecule has 5 nitrogen and oxygen atoms in total. The zero-order valence-electron chi connectivity index (χ0n) is 13.6. The lowest BCUT2D eigenvalue weighted by molar-refractivity contribution is -0.134. The number of rotatable bonds is 6. The highest BCUT2D eigenvalue weighted by atomic mass is 35.5. The minimum atomic E-state index is -0.656. The molecule has 0 amide bonds. The van der Waals surface area contributed by atoms with Crippen LogP contribution in [0.1, 0.15) is 26.3 Å². The third-order valence-corrected chi connectivity index (χ3v) is 3.49. The Morgan fingerprint density at radius 3 is 2.78 bits per heavy atom. The maximum absolute atomic E-state index is 11.2. The Labute approximate surface area is 141 Å². The third kappa shape index (κ3) is 5.53. The maximum Gasteiger partial charge on any atom is 0.331 e. The van der Waals surface area contributed by atoms with Gasteiger partial charge in [0.2, 0.25) is 0 Å². The molecule has 1 aliphatic heterocycles. The van der Waals surface area contributed by atoms with Crippen molar-refractivity contribution in [3.05, 3.63) is 34.9 Å². The Kier molecular flexibility index (Phi) is 5.68. The molecule has 0 aromatic heterocycles. The molecule has 2 N–H and O–H groups in total. The third-order valence-electron chi connectivity index (χ3n) is 3.25. The quantitative estimate of drug-likeness (QED) is 0.779. The van der Waals surface area contributed by atoms with Crippen molar-refractivity contribution in [2.24, 2.45) is 0 Å². The summed E-state index contributed by atoms with van der Waals surface area (Å²) >= 11 is 6.02. The summed E-state index contributed by atoms with van der Waals surface area (Å²) in [5, 5.41) is 13.8. The molecular weight excluding hydrogens is 318 g/mol. The number of cyclic esters (lactones) is 1. The summed E-state index contributed by atoms with van der Waals surface area (Å²) in [4.78, 5) is 11.2. The molecule has 0 fully saturated rings. The first kappa shape index (κ1) is 17.8. The number of β-amino-alcohol motifs (C(OH)–C–C–N with tert-alkyl or cyclic N) is 1. The van der Waals surface area contributed by atoms with Crippen molar-refractivity contribution in [3.8, 4) is 5.75 Å². The van der Waals surface area contributed by atoms with Crippen molar-refractivity contribution < 1.29 is 19.4 Å². The molecule has 23 heavy (non-hydrogen) atoms. The van der Waals surface area contributed by atoms with Crippen LogP contribution in [0.5, 0.6) is 5.75 Å². The second kappa shape index (κ2) is 7.34. The number of hydrogen-bond donors (Lipinski definition) is 2. The first-order valence-corrected chi connectivity index (χ1v) is 7.85. The van der Waals surface area contributed by atoms with E-state index in [1.54, 1.807) is 18.2 Å². The molecule has 0 aliphatic carbocycles. The van der Waals surface area contributed by atoms with E-state index in [1.165, 1.54) is 6.08 Å². The van der Waals surface area contributed by atoms with Crippen LogP contribution in [0.4, 0.5) is 0 Å². The van der Waals surface area contributed by atoms with Gasteiger partial charge in [0.1, 0.15) is 25.1 Å². The molecular formula is C17H22ClNO4. The van der Waals surface area contributed by atoms with E-state index >= 15 is 0 Å². The number of esters is 1. The average Bonchev–Trinajstić information content (AvgIpc) is 2.88. The fourth-order valence-electron chi connectivity index (χ4n) is 2.08. The van der Waals surface area contributed by atoms with Crippen molar-refractivity contribution in [1.29, 1.82) is 0 Å². The number of hydrogen-bond acceptors (Lipinski definition) is 5. The Hall–Kier alpha value is -1.56. The van der Waals surface area contributed by atoms with Crippen LogP contribution in [0, 0.1) is 0 Å². The van der Waals surface area contributed by atoms with Crippen molar-refractivity contribution in [1.82, 2.24) is 5.32 Å². The second-order valence-electron chi connectivity index (χ2n) is 6.51. The van der Waals surface area contributed by atoms with Gasteiger partial charge in [-0.25, -0.2) is 4.79 Å². The number of nitrogens with one attached hydrogen (secondary N) is 1. The van der Waals surface area contributed by atoms with Crippen molar-refractivity contribution in [2.45, 2.75) is 32.4 Å². The lowest BCUT2D eigenvalue weighted by atomic mass is 10.1. The Bertz CT molecular complexity index is 607. The summed E-state index contributed by atoms with van der Waals surface area (Å²) in [6.45, 7) is 6.84. The van der Waals surface area contributed by atoms with Crippen LogP contribution in [0.2, 0.25) is 5.02 Å². The lowest BCUT2D eigenvalue weighted by Crippen LogP contribution is -2.42. The van der Waals surface area contributed by atoms with Gasteiger partial charge < -0.3 is 19.9 Å². The highest BCUT2D eigenvalue weighted by molar-refractivity contribution is 6.30. The number of halogens is 1. The number of carbonyl (C=O) groups is 1. The second-order valence-corrected chi connectivity index (χ2v) is 6.95. The fraction of sp³-hybridized carbons (Fsp3) is 0.471. The minimum absolute atomic E-state index is 0.0748. The Morgan fingerprint density at radius 1 is 1.43 bits per heavy atom. The molecule has 6 heteroatoms. The molecule has 126 valence electrons. The first-order chi connectivity index (χ1) is 10.7. The Morgan fingerprint density at radius 2 is 2.17 bits per heavy atom. The molecule has 1 aromatic carbocycles. The van der Waals surface area contributed by atoms with E-state index < -0.39 is 6.10 Å². The summed E-state index contributed by atoms with van der Waals surface area (Å²) in [7, 11) is 0. The molecule has 0 bridgehead atoms. The number of aliphatic hydroxyl groups is 1. The van der Waals surface area contributed by atoms with Crippen molar-refractivity contribution in [3.63, 3.8) is 0 Å². The summed E-state index contributed by atoms with van der Waals surface area (Å²) in [6.07, 6.45) is 0.782. The highest BCUT2D eigenvalue weighted by Crippen LogP contribution is 2.31. The molecule has 1 aromatic rings. The molecule has 0 spiro atoms. The molecule has 2 rings (SSSR count). The van der Waals surface area contributed by atoms with E-state index in [0.29, 0.717) is 17.3 Å². The Balaban J connectivity index is 2.03. The topological polar surface area (TPSA) is 67.8 Å². The summed E-state index contributed by atoms with van der Waals surface area (Å²) in [6, 6.07) is 5.18. The van der Waals surface area contributed by atoms with E-state index in [2.05, 4.69) is 5.32 Å². The van der Waals surface area contributed by atoms with Gasteiger partial charge in [-0.05, 0) is 39.0 Å². The summed E-state index contributed by atoms with van der Waals surface area (Å²) in [5.41, 5.74) is 1.41. The molecule has 0 saturated carbocycles. The van der Waals surface area contributed by atoms with Crippen LogP contribution in [0.25, 0.3) is 5.57 Å². The normalized spacial score (nSPS) is 16.0. The lowest BCUT2D eigenvalue weighted by Gasteiger charge is -2.23.